The predicted molar refractivity (Wildman–Crippen MR) is 122 cm³/mol. The minimum atomic E-state index is -5.04. The summed E-state index contributed by atoms with van der Waals surface area (Å²) in [5.41, 5.74) is -2.98. The lowest BCUT2D eigenvalue weighted by molar-refractivity contribution is -0.277. The van der Waals surface area contributed by atoms with Gasteiger partial charge in [0.1, 0.15) is 11.7 Å². The van der Waals surface area contributed by atoms with Gasteiger partial charge in [0.05, 0.1) is 0 Å². The van der Waals surface area contributed by atoms with Crippen molar-refractivity contribution in [2.45, 2.75) is 83.3 Å². The zero-order chi connectivity index (χ0) is 25.6. The number of carbonyl (C=O) groups is 2. The molecule has 1 aromatic rings. The molecule has 1 aliphatic rings. The Hall–Kier alpha value is -2.61. The lowest BCUT2D eigenvalue weighted by Crippen LogP contribution is -2.52. The molecular formula is C26H33F3O5. The molecule has 0 amide bonds. The molecule has 1 aromatic carbocycles. The second-order valence-corrected chi connectivity index (χ2v) is 8.29. The summed E-state index contributed by atoms with van der Waals surface area (Å²) in [7, 11) is 0.840. The molecule has 3 atom stereocenters. The molecule has 0 saturated carbocycles. The molecule has 0 saturated heterocycles. The van der Waals surface area contributed by atoms with Crippen LogP contribution in [0.25, 0.3) is 0 Å². The van der Waals surface area contributed by atoms with E-state index in [0.29, 0.717) is 31.3 Å². The van der Waals surface area contributed by atoms with Crippen molar-refractivity contribution in [2.24, 2.45) is 0 Å². The highest BCUT2D eigenvalue weighted by atomic mass is 19.4. The Morgan fingerprint density at radius 1 is 1.15 bits per heavy atom. The van der Waals surface area contributed by atoms with Gasteiger partial charge in [-0.25, -0.2) is 9.59 Å². The molecule has 34 heavy (non-hydrogen) atoms. The van der Waals surface area contributed by atoms with Gasteiger partial charge in [0, 0.05) is 24.7 Å². The van der Waals surface area contributed by atoms with Gasteiger partial charge in [-0.1, -0.05) is 63.6 Å². The fraction of sp³-hybridized carbons (Fsp3) is 0.538. The fourth-order valence-corrected chi connectivity index (χ4v) is 4.08. The van der Waals surface area contributed by atoms with E-state index < -0.39 is 29.5 Å². The average molecular weight is 483 g/mol. The van der Waals surface area contributed by atoms with Crippen LogP contribution in [0, 0.1) is 0 Å². The highest BCUT2D eigenvalue weighted by molar-refractivity contribution is 5.91. The van der Waals surface area contributed by atoms with Crippen LogP contribution in [0.1, 0.15) is 65.4 Å². The molecule has 0 bridgehead atoms. The zero-order valence-corrected chi connectivity index (χ0v) is 20.3. The van der Waals surface area contributed by atoms with E-state index in [2.05, 4.69) is 0 Å². The van der Waals surface area contributed by atoms with Crippen LogP contribution in [0.5, 0.6) is 0 Å². The van der Waals surface area contributed by atoms with Crippen molar-refractivity contribution in [1.82, 2.24) is 0 Å². The molecule has 5 nitrogen and oxygen atoms in total. The highest BCUT2D eigenvalue weighted by Gasteiger charge is 2.64. The lowest BCUT2D eigenvalue weighted by Gasteiger charge is -2.33. The monoisotopic (exact) mass is 482 g/mol. The zero-order valence-electron chi connectivity index (χ0n) is 20.3. The first-order chi connectivity index (χ1) is 16.0. The van der Waals surface area contributed by atoms with Crippen molar-refractivity contribution in [3.8, 4) is 0 Å². The Labute approximate surface area is 199 Å². The topological polar surface area (TPSA) is 61.8 Å². The normalized spacial score (nSPS) is 21.5. The maximum Gasteiger partial charge on any atom is 0.432 e. The molecule has 1 heterocycles. The molecule has 1 aliphatic heterocycles. The van der Waals surface area contributed by atoms with Gasteiger partial charge < -0.3 is 14.2 Å². The quantitative estimate of drug-likeness (QED) is 0.278. The molecule has 8 heteroatoms. The molecule has 0 N–H and O–H groups in total. The van der Waals surface area contributed by atoms with Crippen LogP contribution in [-0.4, -0.2) is 36.9 Å². The maximum absolute atomic E-state index is 14.2. The van der Waals surface area contributed by atoms with Crippen molar-refractivity contribution >= 4 is 11.9 Å². The number of rotatable bonds is 11. The largest absolute Gasteiger partial charge is 0.455 e. The van der Waals surface area contributed by atoms with E-state index in [9.17, 15) is 22.8 Å². The number of halogens is 3. The van der Waals surface area contributed by atoms with Gasteiger partial charge >= 0.3 is 18.1 Å². The summed E-state index contributed by atoms with van der Waals surface area (Å²) in [4.78, 5) is 25.1. The van der Waals surface area contributed by atoms with E-state index in [1.165, 1.54) is 24.3 Å². The van der Waals surface area contributed by atoms with Crippen LogP contribution >= 0.6 is 0 Å². The first-order valence-corrected chi connectivity index (χ1v) is 11.6. The molecule has 188 valence electrons. The van der Waals surface area contributed by atoms with Crippen LogP contribution in [-0.2, 0) is 29.4 Å². The summed E-state index contributed by atoms with van der Waals surface area (Å²) in [5, 5.41) is 0. The van der Waals surface area contributed by atoms with Crippen LogP contribution < -0.4 is 0 Å². The molecule has 0 radical (unpaired) electrons. The van der Waals surface area contributed by atoms with Gasteiger partial charge in [-0.05, 0) is 37.8 Å². The van der Waals surface area contributed by atoms with E-state index in [0.717, 1.165) is 12.7 Å². The molecule has 0 unspecified atom stereocenters. The number of hydrogen-bond donors (Lipinski definition) is 0. The molecule has 0 aliphatic carbocycles. The molecule has 0 fully saturated rings. The Kier molecular flexibility index (Phi) is 9.11. The summed E-state index contributed by atoms with van der Waals surface area (Å²) in [6, 6.07) is 6.72. The van der Waals surface area contributed by atoms with Crippen molar-refractivity contribution in [2.75, 3.05) is 7.11 Å². The summed E-state index contributed by atoms with van der Waals surface area (Å²) < 4.78 is 58.4. The third kappa shape index (κ3) is 5.54. The van der Waals surface area contributed by atoms with Crippen molar-refractivity contribution in [1.29, 1.82) is 0 Å². The van der Waals surface area contributed by atoms with Gasteiger partial charge in [-0.15, -0.1) is 0 Å². The SMILES string of the molecule is CCC1=C[C@@](CC)(C/C(=C\[C@@H](CC)OC(=O)[C@@](OC)(c2ccccc2)C(F)(F)F)CC)OC1=O. The number of alkyl halides is 3. The second kappa shape index (κ2) is 11.2. The fourth-order valence-electron chi connectivity index (χ4n) is 4.08. The summed E-state index contributed by atoms with van der Waals surface area (Å²) >= 11 is 0. The molecule has 0 aromatic heterocycles. The molecule has 2 rings (SSSR count). The van der Waals surface area contributed by atoms with Crippen LogP contribution in [0.3, 0.4) is 0 Å². The van der Waals surface area contributed by atoms with E-state index >= 15 is 0 Å². The van der Waals surface area contributed by atoms with E-state index in [1.807, 2.05) is 26.8 Å². The van der Waals surface area contributed by atoms with E-state index in [1.54, 1.807) is 19.1 Å². The first-order valence-electron chi connectivity index (χ1n) is 11.6. The summed E-state index contributed by atoms with van der Waals surface area (Å²) in [6.45, 7) is 7.39. The second-order valence-electron chi connectivity index (χ2n) is 8.29. The van der Waals surface area contributed by atoms with Gasteiger partial charge in [-0.3, -0.25) is 0 Å². The van der Waals surface area contributed by atoms with Gasteiger partial charge in [0.15, 0.2) is 0 Å². The van der Waals surface area contributed by atoms with Gasteiger partial charge in [0.2, 0.25) is 0 Å². The highest BCUT2D eigenvalue weighted by Crippen LogP contribution is 2.43. The van der Waals surface area contributed by atoms with Crippen LogP contribution in [0.4, 0.5) is 13.2 Å². The van der Waals surface area contributed by atoms with Gasteiger partial charge in [-0.2, -0.15) is 13.2 Å². The lowest BCUT2D eigenvalue weighted by atomic mass is 9.89. The first kappa shape index (κ1) is 27.6. The van der Waals surface area contributed by atoms with Crippen molar-refractivity contribution < 1.29 is 37.0 Å². The number of benzene rings is 1. The van der Waals surface area contributed by atoms with E-state index in [-0.39, 0.29) is 18.0 Å². The number of cyclic esters (lactones) is 1. The van der Waals surface area contributed by atoms with Crippen molar-refractivity contribution in [3.05, 3.63) is 59.2 Å². The Balaban J connectivity index is 2.35. The number of hydrogen-bond acceptors (Lipinski definition) is 5. The predicted octanol–water partition coefficient (Wildman–Crippen LogP) is 6.18. The average Bonchev–Trinajstić information content (AvgIpc) is 3.14. The number of methoxy groups -OCH3 is 1. The van der Waals surface area contributed by atoms with Crippen molar-refractivity contribution in [3.63, 3.8) is 0 Å². The van der Waals surface area contributed by atoms with Crippen LogP contribution in [0.15, 0.2) is 53.6 Å². The number of ether oxygens (including phenoxy) is 3. The minimum absolute atomic E-state index is 0.261. The van der Waals surface area contributed by atoms with E-state index in [4.69, 9.17) is 14.2 Å². The minimum Gasteiger partial charge on any atom is -0.455 e. The summed E-state index contributed by atoms with van der Waals surface area (Å²) in [5.74, 6) is -1.88. The Bertz CT molecular complexity index is 922. The third-order valence-electron chi connectivity index (χ3n) is 6.21. The smallest absolute Gasteiger partial charge is 0.432 e. The Morgan fingerprint density at radius 3 is 2.24 bits per heavy atom. The Morgan fingerprint density at radius 2 is 1.79 bits per heavy atom. The number of esters is 2. The molecular weight excluding hydrogens is 449 g/mol. The summed E-state index contributed by atoms with van der Waals surface area (Å²) in [6.07, 6.45) is -0.181. The van der Waals surface area contributed by atoms with Gasteiger partial charge in [0.25, 0.3) is 5.60 Å². The van der Waals surface area contributed by atoms with Crippen LogP contribution in [0.2, 0.25) is 0 Å². The molecule has 0 spiro atoms. The maximum atomic E-state index is 14.2. The number of carbonyl (C=O) groups excluding carboxylic acids is 2. The standard InChI is InChI=1S/C26H33F3O5/c1-6-18(16-24(9-4)17-19(7-2)22(30)34-24)15-21(8-3)33-23(31)25(32-5,26(27,28)29)20-13-11-10-12-14-20/h10-15,17,21H,6-9,16H2,1-5H3/b18-15-/t21-,24-,25+/m1/s1. The third-order valence-corrected chi connectivity index (χ3v) is 6.21.